The van der Waals surface area contributed by atoms with Gasteiger partial charge in [-0.3, -0.25) is 0 Å². The van der Waals surface area contributed by atoms with Crippen LogP contribution >= 0.6 is 0 Å². The largest absolute Gasteiger partial charge is 0.416 e. The highest BCUT2D eigenvalue weighted by Gasteiger charge is 2.30. The molecule has 0 amide bonds. The quantitative estimate of drug-likeness (QED) is 0.721. The molecule has 0 aliphatic carbocycles. The number of halogens is 3. The van der Waals surface area contributed by atoms with Gasteiger partial charge in [-0.15, -0.1) is 0 Å². The average Bonchev–Trinajstić information content (AvgIpc) is 2.64. The molecule has 1 aliphatic heterocycles. The Hall–Kier alpha value is -1.52. The lowest BCUT2D eigenvalue weighted by Crippen LogP contribution is -2.05. The maximum Gasteiger partial charge on any atom is 0.416 e. The van der Waals surface area contributed by atoms with Crippen molar-refractivity contribution in [2.24, 2.45) is 5.16 Å². The lowest BCUT2D eigenvalue weighted by Gasteiger charge is -2.10. The average molecular weight is 229 g/mol. The van der Waals surface area contributed by atoms with Gasteiger partial charge in [-0.1, -0.05) is 17.3 Å². The van der Waals surface area contributed by atoms with Crippen molar-refractivity contribution in [3.05, 3.63) is 35.4 Å². The highest BCUT2D eigenvalue weighted by Crippen LogP contribution is 2.32. The molecular weight excluding hydrogens is 219 g/mol. The first kappa shape index (κ1) is 11.0. The standard InChI is InChI=1S/C11H10F3NO/c1-7-6-10(16-15-7)8-2-4-9(5-3-8)11(12,13)14/h2-5,10H,6H2,1H3. The van der Waals surface area contributed by atoms with E-state index < -0.39 is 11.7 Å². The van der Waals surface area contributed by atoms with E-state index >= 15 is 0 Å². The van der Waals surface area contributed by atoms with Gasteiger partial charge in [0.15, 0.2) is 6.10 Å². The Balaban J connectivity index is 2.15. The number of benzene rings is 1. The number of hydrogen-bond acceptors (Lipinski definition) is 2. The third-order valence-electron chi connectivity index (χ3n) is 2.43. The Morgan fingerprint density at radius 1 is 1.25 bits per heavy atom. The Bertz CT molecular complexity index is 408. The summed E-state index contributed by atoms with van der Waals surface area (Å²) < 4.78 is 36.9. The summed E-state index contributed by atoms with van der Waals surface area (Å²) >= 11 is 0. The molecule has 0 bridgehead atoms. The summed E-state index contributed by atoms with van der Waals surface area (Å²) in [7, 11) is 0. The summed E-state index contributed by atoms with van der Waals surface area (Å²) in [5.74, 6) is 0. The van der Waals surface area contributed by atoms with Crippen LogP contribution in [0.25, 0.3) is 0 Å². The summed E-state index contributed by atoms with van der Waals surface area (Å²) in [6, 6.07) is 4.99. The molecule has 16 heavy (non-hydrogen) atoms. The Morgan fingerprint density at radius 3 is 2.31 bits per heavy atom. The fourth-order valence-electron chi connectivity index (χ4n) is 1.56. The topological polar surface area (TPSA) is 21.6 Å². The summed E-state index contributed by atoms with van der Waals surface area (Å²) in [6.45, 7) is 1.82. The first-order chi connectivity index (χ1) is 7.47. The number of alkyl halides is 3. The first-order valence-corrected chi connectivity index (χ1v) is 4.83. The molecule has 86 valence electrons. The van der Waals surface area contributed by atoms with E-state index in [1.54, 1.807) is 0 Å². The Kier molecular flexibility index (Phi) is 2.61. The molecule has 1 unspecified atom stereocenters. The predicted molar refractivity (Wildman–Crippen MR) is 53.0 cm³/mol. The molecule has 1 heterocycles. The lowest BCUT2D eigenvalue weighted by molar-refractivity contribution is -0.137. The van der Waals surface area contributed by atoms with Gasteiger partial charge in [-0.2, -0.15) is 13.2 Å². The van der Waals surface area contributed by atoms with Gasteiger partial charge in [0.1, 0.15) is 0 Å². The van der Waals surface area contributed by atoms with Crippen molar-refractivity contribution < 1.29 is 18.0 Å². The van der Waals surface area contributed by atoms with Crippen LogP contribution in [0.1, 0.15) is 30.6 Å². The van der Waals surface area contributed by atoms with E-state index in [9.17, 15) is 13.2 Å². The molecular formula is C11H10F3NO. The van der Waals surface area contributed by atoms with Crippen LogP contribution in [0.15, 0.2) is 29.4 Å². The van der Waals surface area contributed by atoms with Crippen LogP contribution in [0, 0.1) is 0 Å². The van der Waals surface area contributed by atoms with Crippen LogP contribution in [0.5, 0.6) is 0 Å². The molecule has 0 aromatic heterocycles. The van der Waals surface area contributed by atoms with Gasteiger partial charge >= 0.3 is 6.18 Å². The van der Waals surface area contributed by atoms with Crippen LogP contribution in [0.3, 0.4) is 0 Å². The van der Waals surface area contributed by atoms with E-state index in [1.165, 1.54) is 12.1 Å². The predicted octanol–water partition coefficient (Wildman–Crippen LogP) is 3.54. The van der Waals surface area contributed by atoms with Crippen molar-refractivity contribution >= 4 is 5.71 Å². The van der Waals surface area contributed by atoms with E-state index in [-0.39, 0.29) is 6.10 Å². The molecule has 0 N–H and O–H groups in total. The second kappa shape index (κ2) is 3.81. The number of oxime groups is 1. The second-order valence-corrected chi connectivity index (χ2v) is 3.74. The normalized spacial score (nSPS) is 20.5. The van der Waals surface area contributed by atoms with Crippen molar-refractivity contribution in [1.82, 2.24) is 0 Å². The third-order valence-corrected chi connectivity index (χ3v) is 2.43. The zero-order valence-electron chi connectivity index (χ0n) is 8.58. The van der Waals surface area contributed by atoms with Gasteiger partial charge in [0.2, 0.25) is 0 Å². The Labute approximate surface area is 90.7 Å². The number of rotatable bonds is 1. The zero-order valence-corrected chi connectivity index (χ0v) is 8.58. The van der Waals surface area contributed by atoms with Crippen LogP contribution in [0.2, 0.25) is 0 Å². The van der Waals surface area contributed by atoms with E-state index in [0.29, 0.717) is 12.0 Å². The molecule has 0 radical (unpaired) electrons. The van der Waals surface area contributed by atoms with Crippen molar-refractivity contribution in [3.8, 4) is 0 Å². The fourth-order valence-corrected chi connectivity index (χ4v) is 1.56. The molecule has 0 saturated heterocycles. The van der Waals surface area contributed by atoms with Crippen molar-refractivity contribution in [3.63, 3.8) is 0 Å². The molecule has 1 aromatic rings. The van der Waals surface area contributed by atoms with E-state index in [2.05, 4.69) is 5.16 Å². The molecule has 2 rings (SSSR count). The van der Waals surface area contributed by atoms with Crippen LogP contribution in [-0.2, 0) is 11.0 Å². The van der Waals surface area contributed by atoms with Crippen molar-refractivity contribution in [1.29, 1.82) is 0 Å². The first-order valence-electron chi connectivity index (χ1n) is 4.83. The summed E-state index contributed by atoms with van der Waals surface area (Å²) in [4.78, 5) is 5.08. The van der Waals surface area contributed by atoms with Crippen LogP contribution < -0.4 is 0 Å². The van der Waals surface area contributed by atoms with E-state index in [1.807, 2.05) is 6.92 Å². The molecule has 1 aromatic carbocycles. The van der Waals surface area contributed by atoms with Crippen LogP contribution in [-0.4, -0.2) is 5.71 Å². The SMILES string of the molecule is CC1=NOC(c2ccc(C(F)(F)F)cc2)C1. The maximum absolute atomic E-state index is 12.3. The van der Waals surface area contributed by atoms with Crippen molar-refractivity contribution in [2.75, 3.05) is 0 Å². The summed E-state index contributed by atoms with van der Waals surface area (Å²) in [5.41, 5.74) is 0.922. The zero-order chi connectivity index (χ0) is 11.8. The number of hydrogen-bond donors (Lipinski definition) is 0. The minimum Gasteiger partial charge on any atom is -0.387 e. The molecule has 0 spiro atoms. The van der Waals surface area contributed by atoms with Crippen molar-refractivity contribution in [2.45, 2.75) is 25.6 Å². The smallest absolute Gasteiger partial charge is 0.387 e. The van der Waals surface area contributed by atoms with E-state index in [0.717, 1.165) is 17.8 Å². The van der Waals surface area contributed by atoms with Gasteiger partial charge in [0.25, 0.3) is 0 Å². The molecule has 5 heteroatoms. The van der Waals surface area contributed by atoms with E-state index in [4.69, 9.17) is 4.84 Å². The maximum atomic E-state index is 12.3. The third kappa shape index (κ3) is 2.18. The molecule has 1 atom stereocenters. The molecule has 2 nitrogen and oxygen atoms in total. The summed E-state index contributed by atoms with van der Waals surface area (Å²) in [6.07, 6.45) is -3.91. The van der Waals surface area contributed by atoms with Gasteiger partial charge < -0.3 is 4.84 Å². The van der Waals surface area contributed by atoms with Gasteiger partial charge in [-0.05, 0) is 24.6 Å². The minimum absolute atomic E-state index is 0.248. The lowest BCUT2D eigenvalue weighted by atomic mass is 10.0. The molecule has 0 saturated carbocycles. The highest BCUT2D eigenvalue weighted by atomic mass is 19.4. The van der Waals surface area contributed by atoms with Gasteiger partial charge in [0, 0.05) is 6.42 Å². The van der Waals surface area contributed by atoms with Gasteiger partial charge in [0.05, 0.1) is 11.3 Å². The van der Waals surface area contributed by atoms with Crippen LogP contribution in [0.4, 0.5) is 13.2 Å². The number of nitrogens with zero attached hydrogens (tertiary/aromatic N) is 1. The minimum atomic E-state index is -4.29. The highest BCUT2D eigenvalue weighted by molar-refractivity contribution is 5.83. The summed E-state index contributed by atoms with van der Waals surface area (Å²) in [5, 5.41) is 3.76. The molecule has 0 fully saturated rings. The van der Waals surface area contributed by atoms with Gasteiger partial charge in [-0.25, -0.2) is 0 Å². The Morgan fingerprint density at radius 2 is 1.88 bits per heavy atom. The molecule has 1 aliphatic rings. The second-order valence-electron chi connectivity index (χ2n) is 3.74. The monoisotopic (exact) mass is 229 g/mol. The fraction of sp³-hybridized carbons (Fsp3) is 0.364.